The van der Waals surface area contributed by atoms with Gasteiger partial charge < -0.3 is 9.64 Å². The Labute approximate surface area is 113 Å². The molecule has 0 atom stereocenters. The van der Waals surface area contributed by atoms with Crippen LogP contribution in [0.15, 0.2) is 54.6 Å². The summed E-state index contributed by atoms with van der Waals surface area (Å²) < 4.78 is 5.69. The van der Waals surface area contributed by atoms with Gasteiger partial charge in [-0.05, 0) is 18.2 Å². The lowest BCUT2D eigenvalue weighted by Crippen LogP contribution is -2.23. The van der Waals surface area contributed by atoms with Crippen LogP contribution in [0.1, 0.15) is 15.9 Å². The SMILES string of the molecule is CN(C)C(=O)c1ccccc1COc1ccccc1. The second-order valence-electron chi connectivity index (χ2n) is 4.46. The Balaban J connectivity index is 2.14. The standard InChI is InChI=1S/C16H17NO2/c1-17(2)16(18)15-11-7-6-8-13(15)12-19-14-9-4-3-5-10-14/h3-11H,12H2,1-2H3. The highest BCUT2D eigenvalue weighted by Gasteiger charge is 2.12. The maximum atomic E-state index is 12.0. The van der Waals surface area contributed by atoms with Gasteiger partial charge in [-0.25, -0.2) is 0 Å². The number of hydrogen-bond donors (Lipinski definition) is 0. The third-order valence-electron chi connectivity index (χ3n) is 2.79. The number of rotatable bonds is 4. The van der Waals surface area contributed by atoms with Crippen LogP contribution in [0.5, 0.6) is 5.75 Å². The van der Waals surface area contributed by atoms with Gasteiger partial charge in [-0.3, -0.25) is 4.79 Å². The Morgan fingerprint density at radius 3 is 2.32 bits per heavy atom. The molecular formula is C16H17NO2. The molecule has 0 fully saturated rings. The summed E-state index contributed by atoms with van der Waals surface area (Å²) >= 11 is 0. The monoisotopic (exact) mass is 255 g/mol. The molecule has 0 spiro atoms. The molecule has 2 aromatic rings. The summed E-state index contributed by atoms with van der Waals surface area (Å²) in [7, 11) is 3.49. The van der Waals surface area contributed by atoms with Crippen molar-refractivity contribution in [1.82, 2.24) is 4.90 Å². The number of ether oxygens (including phenoxy) is 1. The predicted molar refractivity (Wildman–Crippen MR) is 75.2 cm³/mol. The summed E-state index contributed by atoms with van der Waals surface area (Å²) in [6.45, 7) is 0.389. The van der Waals surface area contributed by atoms with E-state index in [1.807, 2.05) is 54.6 Å². The van der Waals surface area contributed by atoms with Crippen molar-refractivity contribution < 1.29 is 9.53 Å². The van der Waals surface area contributed by atoms with Gasteiger partial charge in [0.15, 0.2) is 0 Å². The van der Waals surface area contributed by atoms with E-state index in [1.165, 1.54) is 0 Å². The molecule has 0 saturated carbocycles. The average molecular weight is 255 g/mol. The first kappa shape index (κ1) is 13.1. The van der Waals surface area contributed by atoms with E-state index in [0.29, 0.717) is 12.2 Å². The molecular weight excluding hydrogens is 238 g/mol. The molecule has 0 aliphatic rings. The molecule has 0 radical (unpaired) electrons. The second-order valence-corrected chi connectivity index (χ2v) is 4.46. The smallest absolute Gasteiger partial charge is 0.253 e. The zero-order valence-electron chi connectivity index (χ0n) is 11.2. The Morgan fingerprint density at radius 2 is 1.63 bits per heavy atom. The number of benzene rings is 2. The van der Waals surface area contributed by atoms with Gasteiger partial charge >= 0.3 is 0 Å². The molecule has 0 aliphatic heterocycles. The van der Waals surface area contributed by atoms with E-state index in [-0.39, 0.29) is 5.91 Å². The molecule has 0 aliphatic carbocycles. The number of carbonyl (C=O) groups is 1. The van der Waals surface area contributed by atoms with Crippen LogP contribution in [-0.4, -0.2) is 24.9 Å². The van der Waals surface area contributed by atoms with E-state index in [2.05, 4.69) is 0 Å². The minimum absolute atomic E-state index is 0.00717. The van der Waals surface area contributed by atoms with E-state index in [4.69, 9.17) is 4.74 Å². The summed E-state index contributed by atoms with van der Waals surface area (Å²) in [5.74, 6) is 0.793. The molecule has 0 saturated heterocycles. The normalized spacial score (nSPS) is 10.0. The van der Waals surface area contributed by atoms with Gasteiger partial charge in [-0.2, -0.15) is 0 Å². The molecule has 1 amide bonds. The molecule has 0 heterocycles. The van der Waals surface area contributed by atoms with Crippen molar-refractivity contribution >= 4 is 5.91 Å². The minimum Gasteiger partial charge on any atom is -0.489 e. The maximum absolute atomic E-state index is 12.0. The highest BCUT2D eigenvalue weighted by Crippen LogP contribution is 2.15. The molecule has 0 unspecified atom stereocenters. The van der Waals surface area contributed by atoms with Gasteiger partial charge in [0.1, 0.15) is 12.4 Å². The maximum Gasteiger partial charge on any atom is 0.253 e. The van der Waals surface area contributed by atoms with Crippen LogP contribution in [0.2, 0.25) is 0 Å². The predicted octanol–water partition coefficient (Wildman–Crippen LogP) is 2.97. The molecule has 98 valence electrons. The van der Waals surface area contributed by atoms with Crippen molar-refractivity contribution in [3.05, 3.63) is 65.7 Å². The molecule has 0 bridgehead atoms. The number of nitrogens with zero attached hydrogens (tertiary/aromatic N) is 1. The van der Waals surface area contributed by atoms with Crippen LogP contribution in [-0.2, 0) is 6.61 Å². The van der Waals surface area contributed by atoms with Crippen LogP contribution in [0, 0.1) is 0 Å². The van der Waals surface area contributed by atoms with Crippen molar-refractivity contribution in [3.63, 3.8) is 0 Å². The van der Waals surface area contributed by atoms with Gasteiger partial charge in [0.2, 0.25) is 0 Å². The topological polar surface area (TPSA) is 29.5 Å². The van der Waals surface area contributed by atoms with E-state index in [1.54, 1.807) is 19.0 Å². The van der Waals surface area contributed by atoms with Gasteiger partial charge in [-0.15, -0.1) is 0 Å². The molecule has 0 aromatic heterocycles. The van der Waals surface area contributed by atoms with E-state index in [9.17, 15) is 4.79 Å². The Bertz CT molecular complexity index is 550. The fourth-order valence-corrected chi connectivity index (χ4v) is 1.77. The fourth-order valence-electron chi connectivity index (χ4n) is 1.77. The van der Waals surface area contributed by atoms with Crippen LogP contribution in [0.3, 0.4) is 0 Å². The highest BCUT2D eigenvalue weighted by atomic mass is 16.5. The van der Waals surface area contributed by atoms with Gasteiger partial charge in [0.25, 0.3) is 5.91 Å². The summed E-state index contributed by atoms with van der Waals surface area (Å²) in [6.07, 6.45) is 0. The van der Waals surface area contributed by atoms with Crippen molar-refractivity contribution in [2.75, 3.05) is 14.1 Å². The molecule has 2 rings (SSSR count). The fraction of sp³-hybridized carbons (Fsp3) is 0.188. The summed E-state index contributed by atoms with van der Waals surface area (Å²) in [5.41, 5.74) is 1.58. The van der Waals surface area contributed by atoms with Gasteiger partial charge in [0.05, 0.1) is 0 Å². The van der Waals surface area contributed by atoms with Crippen molar-refractivity contribution in [1.29, 1.82) is 0 Å². The lowest BCUT2D eigenvalue weighted by atomic mass is 10.1. The third kappa shape index (κ3) is 3.35. The Hall–Kier alpha value is -2.29. The summed E-state index contributed by atoms with van der Waals surface area (Å²) in [5, 5.41) is 0. The zero-order chi connectivity index (χ0) is 13.7. The summed E-state index contributed by atoms with van der Waals surface area (Å²) in [6, 6.07) is 17.1. The number of amides is 1. The largest absolute Gasteiger partial charge is 0.489 e. The Morgan fingerprint density at radius 1 is 1.00 bits per heavy atom. The van der Waals surface area contributed by atoms with Crippen LogP contribution < -0.4 is 4.74 Å². The quantitative estimate of drug-likeness (QED) is 0.840. The van der Waals surface area contributed by atoms with E-state index in [0.717, 1.165) is 11.3 Å². The lowest BCUT2D eigenvalue weighted by Gasteiger charge is -2.14. The van der Waals surface area contributed by atoms with Gasteiger partial charge in [-0.1, -0.05) is 36.4 Å². The first-order valence-electron chi connectivity index (χ1n) is 6.16. The molecule has 3 heteroatoms. The van der Waals surface area contributed by atoms with E-state index < -0.39 is 0 Å². The van der Waals surface area contributed by atoms with Crippen molar-refractivity contribution in [3.8, 4) is 5.75 Å². The summed E-state index contributed by atoms with van der Waals surface area (Å²) in [4.78, 5) is 13.6. The molecule has 0 N–H and O–H groups in total. The van der Waals surface area contributed by atoms with Gasteiger partial charge in [0, 0.05) is 25.2 Å². The van der Waals surface area contributed by atoms with Crippen LogP contribution >= 0.6 is 0 Å². The van der Waals surface area contributed by atoms with E-state index >= 15 is 0 Å². The lowest BCUT2D eigenvalue weighted by molar-refractivity contribution is 0.0825. The van der Waals surface area contributed by atoms with Crippen molar-refractivity contribution in [2.45, 2.75) is 6.61 Å². The first-order valence-corrected chi connectivity index (χ1v) is 6.16. The zero-order valence-corrected chi connectivity index (χ0v) is 11.2. The average Bonchev–Trinajstić information content (AvgIpc) is 2.45. The minimum atomic E-state index is -0.00717. The first-order chi connectivity index (χ1) is 9.18. The molecule has 19 heavy (non-hydrogen) atoms. The number of carbonyl (C=O) groups excluding carboxylic acids is 1. The van der Waals surface area contributed by atoms with Crippen LogP contribution in [0.4, 0.5) is 0 Å². The number of hydrogen-bond acceptors (Lipinski definition) is 2. The molecule has 3 nitrogen and oxygen atoms in total. The Kier molecular flexibility index (Phi) is 4.18. The van der Waals surface area contributed by atoms with Crippen molar-refractivity contribution in [2.24, 2.45) is 0 Å². The highest BCUT2D eigenvalue weighted by molar-refractivity contribution is 5.95. The molecule has 2 aromatic carbocycles. The van der Waals surface area contributed by atoms with Crippen LogP contribution in [0.25, 0.3) is 0 Å². The third-order valence-corrected chi connectivity index (χ3v) is 2.79. The second kappa shape index (κ2) is 6.05. The number of para-hydroxylation sites is 1.